The SMILES string of the molecule is COc1ccc(S(=O)(=O)CC(=O)N(Cc2cccnc2)c2nc3cc(OC)ccc3s2)cc1. The highest BCUT2D eigenvalue weighted by Gasteiger charge is 2.27. The highest BCUT2D eigenvalue weighted by molar-refractivity contribution is 7.92. The number of sulfone groups is 1. The molecule has 10 heteroatoms. The van der Waals surface area contributed by atoms with E-state index < -0.39 is 21.5 Å². The number of ether oxygens (including phenoxy) is 2. The average Bonchev–Trinajstić information content (AvgIpc) is 3.25. The molecule has 0 aliphatic heterocycles. The van der Waals surface area contributed by atoms with E-state index in [0.717, 1.165) is 10.3 Å². The molecular formula is C23H21N3O5S2. The summed E-state index contributed by atoms with van der Waals surface area (Å²) in [5, 5.41) is 0.400. The second kappa shape index (κ2) is 9.55. The van der Waals surface area contributed by atoms with E-state index in [-0.39, 0.29) is 11.4 Å². The third kappa shape index (κ3) is 5.12. The van der Waals surface area contributed by atoms with Crippen LogP contribution in [0.25, 0.3) is 10.2 Å². The van der Waals surface area contributed by atoms with Crippen molar-refractivity contribution in [2.75, 3.05) is 24.9 Å². The first-order valence-electron chi connectivity index (χ1n) is 9.90. The Morgan fingerprint density at radius 3 is 2.42 bits per heavy atom. The summed E-state index contributed by atoms with van der Waals surface area (Å²) in [6.45, 7) is 0.141. The number of rotatable bonds is 8. The Hall–Kier alpha value is -3.50. The van der Waals surface area contributed by atoms with Gasteiger partial charge in [0.2, 0.25) is 5.91 Å². The highest BCUT2D eigenvalue weighted by atomic mass is 32.2. The van der Waals surface area contributed by atoms with Gasteiger partial charge in [-0.2, -0.15) is 0 Å². The number of carbonyl (C=O) groups is 1. The third-order valence-electron chi connectivity index (χ3n) is 4.91. The summed E-state index contributed by atoms with van der Waals surface area (Å²) in [6, 6.07) is 15.0. The summed E-state index contributed by atoms with van der Waals surface area (Å²) < 4.78 is 37.1. The van der Waals surface area contributed by atoms with E-state index in [4.69, 9.17) is 9.47 Å². The van der Waals surface area contributed by atoms with Crippen LogP contribution in [0, 0.1) is 0 Å². The molecule has 0 N–H and O–H groups in total. The lowest BCUT2D eigenvalue weighted by atomic mass is 10.2. The van der Waals surface area contributed by atoms with E-state index in [0.29, 0.717) is 22.1 Å². The summed E-state index contributed by atoms with van der Waals surface area (Å²) in [6.07, 6.45) is 3.27. The zero-order chi connectivity index (χ0) is 23.4. The lowest BCUT2D eigenvalue weighted by Crippen LogP contribution is -2.35. The van der Waals surface area contributed by atoms with E-state index in [9.17, 15) is 13.2 Å². The van der Waals surface area contributed by atoms with Gasteiger partial charge in [-0.05, 0) is 48.0 Å². The zero-order valence-corrected chi connectivity index (χ0v) is 19.6. The number of amides is 1. The molecule has 0 bridgehead atoms. The molecule has 2 aromatic heterocycles. The number of hydrogen-bond donors (Lipinski definition) is 0. The summed E-state index contributed by atoms with van der Waals surface area (Å²) >= 11 is 1.31. The Morgan fingerprint density at radius 2 is 1.76 bits per heavy atom. The number of anilines is 1. The van der Waals surface area contributed by atoms with Crippen molar-refractivity contribution in [3.63, 3.8) is 0 Å². The number of thiazole rings is 1. The lowest BCUT2D eigenvalue weighted by molar-refractivity contribution is -0.116. The molecule has 170 valence electrons. The fourth-order valence-electron chi connectivity index (χ4n) is 3.18. The molecule has 0 unspecified atom stereocenters. The summed E-state index contributed by atoms with van der Waals surface area (Å²) in [4.78, 5) is 23.4. The second-order valence-corrected chi connectivity index (χ2v) is 10.1. The van der Waals surface area contributed by atoms with Gasteiger partial charge in [0, 0.05) is 18.5 Å². The molecule has 0 spiro atoms. The molecule has 2 aromatic carbocycles. The maximum absolute atomic E-state index is 13.3. The molecule has 2 heterocycles. The van der Waals surface area contributed by atoms with Crippen molar-refractivity contribution in [2.24, 2.45) is 0 Å². The number of aromatic nitrogens is 2. The van der Waals surface area contributed by atoms with Gasteiger partial charge in [-0.3, -0.25) is 14.7 Å². The van der Waals surface area contributed by atoms with Crippen molar-refractivity contribution in [1.29, 1.82) is 0 Å². The summed E-state index contributed by atoms with van der Waals surface area (Å²) in [7, 11) is -0.813. The van der Waals surface area contributed by atoms with Crippen LogP contribution in [0.1, 0.15) is 5.56 Å². The van der Waals surface area contributed by atoms with Crippen molar-refractivity contribution < 1.29 is 22.7 Å². The molecule has 0 saturated heterocycles. The lowest BCUT2D eigenvalue weighted by Gasteiger charge is -2.20. The second-order valence-electron chi connectivity index (χ2n) is 7.11. The fraction of sp³-hybridized carbons (Fsp3) is 0.174. The molecule has 1 amide bonds. The van der Waals surface area contributed by atoms with E-state index in [1.54, 1.807) is 43.8 Å². The largest absolute Gasteiger partial charge is 0.497 e. The average molecular weight is 484 g/mol. The van der Waals surface area contributed by atoms with Gasteiger partial charge in [0.1, 0.15) is 17.3 Å². The number of nitrogens with zero attached hydrogens (tertiary/aromatic N) is 3. The number of carbonyl (C=O) groups excluding carboxylic acids is 1. The predicted octanol–water partition coefficient (Wildman–Crippen LogP) is 3.72. The van der Waals surface area contributed by atoms with Crippen LogP contribution in [0.4, 0.5) is 5.13 Å². The first kappa shape index (κ1) is 22.7. The van der Waals surface area contributed by atoms with Gasteiger partial charge in [0.15, 0.2) is 15.0 Å². The molecule has 4 rings (SSSR count). The Morgan fingerprint density at radius 1 is 1.03 bits per heavy atom. The number of methoxy groups -OCH3 is 2. The van der Waals surface area contributed by atoms with Crippen molar-refractivity contribution in [1.82, 2.24) is 9.97 Å². The topological polar surface area (TPSA) is 98.7 Å². The van der Waals surface area contributed by atoms with E-state index in [2.05, 4.69) is 9.97 Å². The molecular weight excluding hydrogens is 462 g/mol. The number of pyridine rings is 1. The maximum atomic E-state index is 13.3. The highest BCUT2D eigenvalue weighted by Crippen LogP contribution is 2.32. The van der Waals surface area contributed by atoms with Crippen LogP contribution in [-0.4, -0.2) is 44.3 Å². The predicted molar refractivity (Wildman–Crippen MR) is 127 cm³/mol. The molecule has 0 fully saturated rings. The Kier molecular flexibility index (Phi) is 6.57. The fourth-order valence-corrected chi connectivity index (χ4v) is 5.34. The maximum Gasteiger partial charge on any atom is 0.244 e. The Bertz CT molecular complexity index is 1370. The summed E-state index contributed by atoms with van der Waals surface area (Å²) in [5.41, 5.74) is 1.42. The van der Waals surface area contributed by atoms with Gasteiger partial charge in [-0.15, -0.1) is 0 Å². The Labute approximate surface area is 195 Å². The van der Waals surface area contributed by atoms with Crippen molar-refractivity contribution in [3.05, 3.63) is 72.6 Å². The van der Waals surface area contributed by atoms with Crippen LogP contribution in [0.3, 0.4) is 0 Å². The molecule has 33 heavy (non-hydrogen) atoms. The molecule has 0 atom stereocenters. The first-order chi connectivity index (χ1) is 15.9. The quantitative estimate of drug-likeness (QED) is 0.377. The van der Waals surface area contributed by atoms with Gasteiger partial charge in [-0.25, -0.2) is 13.4 Å². The summed E-state index contributed by atoms with van der Waals surface area (Å²) in [5.74, 6) is -0.102. The molecule has 0 aliphatic carbocycles. The minimum absolute atomic E-state index is 0.0482. The van der Waals surface area contributed by atoms with Crippen molar-refractivity contribution in [2.45, 2.75) is 11.4 Å². The van der Waals surface area contributed by atoms with Crippen LogP contribution >= 0.6 is 11.3 Å². The molecule has 4 aromatic rings. The number of benzene rings is 2. The van der Waals surface area contributed by atoms with E-state index in [1.807, 2.05) is 18.2 Å². The Balaban J connectivity index is 1.67. The molecule has 8 nitrogen and oxygen atoms in total. The first-order valence-corrected chi connectivity index (χ1v) is 12.4. The standard InChI is InChI=1S/C23H21N3O5S2/c1-30-17-5-8-19(9-6-17)33(28,29)15-22(27)26(14-16-4-3-11-24-13-16)23-25-20-12-18(31-2)7-10-21(20)32-23/h3-13H,14-15H2,1-2H3. The minimum atomic E-state index is -3.88. The van der Waals surface area contributed by atoms with E-state index in [1.165, 1.54) is 35.5 Å². The van der Waals surface area contributed by atoms with E-state index >= 15 is 0 Å². The van der Waals surface area contributed by atoms with Gasteiger partial charge in [-0.1, -0.05) is 17.4 Å². The van der Waals surface area contributed by atoms with Crippen LogP contribution < -0.4 is 14.4 Å². The number of hydrogen-bond acceptors (Lipinski definition) is 8. The van der Waals surface area contributed by atoms with Gasteiger partial charge in [0.05, 0.1) is 35.9 Å². The van der Waals surface area contributed by atoms with Crippen LogP contribution in [0.2, 0.25) is 0 Å². The van der Waals surface area contributed by atoms with Crippen LogP contribution in [0.5, 0.6) is 11.5 Å². The smallest absolute Gasteiger partial charge is 0.244 e. The van der Waals surface area contributed by atoms with Gasteiger partial charge < -0.3 is 9.47 Å². The molecule has 0 saturated carbocycles. The molecule has 0 aliphatic rings. The van der Waals surface area contributed by atoms with Gasteiger partial charge in [0.25, 0.3) is 0 Å². The monoisotopic (exact) mass is 483 g/mol. The van der Waals surface area contributed by atoms with Crippen molar-refractivity contribution in [3.8, 4) is 11.5 Å². The number of fused-ring (bicyclic) bond motifs is 1. The normalized spacial score (nSPS) is 11.3. The molecule has 0 radical (unpaired) electrons. The third-order valence-corrected chi connectivity index (χ3v) is 7.59. The van der Waals surface area contributed by atoms with Crippen molar-refractivity contribution >= 4 is 42.4 Å². The van der Waals surface area contributed by atoms with Crippen LogP contribution in [0.15, 0.2) is 71.9 Å². The zero-order valence-electron chi connectivity index (χ0n) is 18.0. The van der Waals surface area contributed by atoms with Crippen LogP contribution in [-0.2, 0) is 21.2 Å². The van der Waals surface area contributed by atoms with Gasteiger partial charge >= 0.3 is 0 Å². The minimum Gasteiger partial charge on any atom is -0.497 e.